The second kappa shape index (κ2) is 7.87. The monoisotopic (exact) mass is 421 g/mol. The van der Waals surface area contributed by atoms with Crippen molar-refractivity contribution in [2.75, 3.05) is 13.1 Å². The van der Waals surface area contributed by atoms with Crippen LogP contribution in [0.5, 0.6) is 0 Å². The van der Waals surface area contributed by atoms with Crippen LogP contribution >= 0.6 is 16.1 Å². The molecule has 1 aliphatic rings. The quantitative estimate of drug-likeness (QED) is 0.695. The first-order valence-electron chi connectivity index (χ1n) is 7.28. The number of carbonyl (C=O) groups is 2. The number of rotatable bonds is 2. The molecule has 0 saturated carbocycles. The van der Waals surface area contributed by atoms with Crippen LogP contribution in [-0.2, 0) is 4.79 Å². The molecule has 2 heterocycles. The van der Waals surface area contributed by atoms with Crippen molar-refractivity contribution in [2.24, 2.45) is 0 Å². The van der Waals surface area contributed by atoms with Gasteiger partial charge >= 0.3 is 12.1 Å². The molecule has 0 bridgehead atoms. The van der Waals surface area contributed by atoms with Crippen LogP contribution in [0.2, 0.25) is 0 Å². The normalized spacial score (nSPS) is 17.0. The number of alkyl halides is 3. The molecular formula is C15H15BrF3N3O3. The number of benzene rings is 1. The van der Waals surface area contributed by atoms with E-state index in [1.165, 1.54) is 0 Å². The van der Waals surface area contributed by atoms with Crippen LogP contribution in [0.1, 0.15) is 16.9 Å². The molecule has 0 spiro atoms. The van der Waals surface area contributed by atoms with Crippen LogP contribution in [-0.4, -0.2) is 45.9 Å². The Morgan fingerprint density at radius 2 is 1.96 bits per heavy atom. The molecule has 10 heteroatoms. The number of para-hydroxylation sites is 1. The molecule has 3 N–H and O–H groups in total. The zero-order valence-electron chi connectivity index (χ0n) is 12.8. The van der Waals surface area contributed by atoms with Crippen molar-refractivity contribution in [3.05, 3.63) is 36.0 Å². The molecule has 0 unspecified atom stereocenters. The first-order chi connectivity index (χ1) is 11.7. The summed E-state index contributed by atoms with van der Waals surface area (Å²) in [5, 5.41) is 14.5. The number of aromatic nitrogens is 1. The molecule has 3 rings (SSSR count). The van der Waals surface area contributed by atoms with E-state index in [1.54, 1.807) is 3.59 Å². The number of hydrogen-bond acceptors (Lipinski definition) is 3. The summed E-state index contributed by atoms with van der Waals surface area (Å²) in [4.78, 5) is 21.1. The van der Waals surface area contributed by atoms with E-state index in [0.29, 0.717) is 5.69 Å². The number of nitrogens with zero attached hydrogens (tertiary/aromatic N) is 1. The zero-order valence-corrected chi connectivity index (χ0v) is 14.4. The van der Waals surface area contributed by atoms with Gasteiger partial charge in [-0.15, -0.1) is 0 Å². The maximum atomic E-state index is 12.2. The summed E-state index contributed by atoms with van der Waals surface area (Å²) in [5.74, 6) is -2.79. The molecule has 1 aromatic heterocycles. The summed E-state index contributed by atoms with van der Waals surface area (Å²) in [6.45, 7) is 1.83. The summed E-state index contributed by atoms with van der Waals surface area (Å²) in [7, 11) is 0. The molecule has 1 aliphatic heterocycles. The molecule has 1 atom stereocenters. The number of hydrogen-bond donors (Lipinski definition) is 3. The van der Waals surface area contributed by atoms with Crippen LogP contribution in [0.15, 0.2) is 30.3 Å². The Kier molecular flexibility index (Phi) is 6.07. The smallest absolute Gasteiger partial charge is 0.475 e. The first-order valence-corrected chi connectivity index (χ1v) is 7.99. The van der Waals surface area contributed by atoms with Crippen molar-refractivity contribution in [1.82, 2.24) is 14.2 Å². The van der Waals surface area contributed by atoms with Gasteiger partial charge in [0.2, 0.25) is 0 Å². The molecule has 0 aliphatic carbocycles. The number of nitrogens with one attached hydrogen (secondary N) is 2. The van der Waals surface area contributed by atoms with E-state index in [4.69, 9.17) is 9.90 Å². The van der Waals surface area contributed by atoms with Crippen molar-refractivity contribution in [1.29, 1.82) is 0 Å². The number of fused-ring (bicyclic) bond motifs is 1. The van der Waals surface area contributed by atoms with E-state index in [1.807, 2.05) is 30.3 Å². The van der Waals surface area contributed by atoms with E-state index in [2.05, 4.69) is 26.8 Å². The highest BCUT2D eigenvalue weighted by Gasteiger charge is 2.38. The van der Waals surface area contributed by atoms with E-state index in [9.17, 15) is 18.0 Å². The van der Waals surface area contributed by atoms with Gasteiger partial charge in [0.25, 0.3) is 5.91 Å². The average Bonchev–Trinajstić information content (AvgIpc) is 3.15. The third-order valence-corrected chi connectivity index (χ3v) is 4.29. The van der Waals surface area contributed by atoms with Gasteiger partial charge in [-0.25, -0.2) is 4.79 Å². The van der Waals surface area contributed by atoms with Gasteiger partial charge in [-0.1, -0.05) is 18.2 Å². The molecule has 2 aromatic rings. The number of aliphatic carboxylic acids is 1. The third kappa shape index (κ3) is 4.95. The number of carboxylic acids is 1. The highest BCUT2D eigenvalue weighted by molar-refractivity contribution is 9.08. The summed E-state index contributed by atoms with van der Waals surface area (Å²) < 4.78 is 33.5. The molecule has 25 heavy (non-hydrogen) atoms. The Bertz CT molecular complexity index is 770. The van der Waals surface area contributed by atoms with Crippen LogP contribution in [0.4, 0.5) is 13.2 Å². The third-order valence-electron chi connectivity index (χ3n) is 3.52. The molecule has 136 valence electrons. The topological polar surface area (TPSA) is 83.4 Å². The summed E-state index contributed by atoms with van der Waals surface area (Å²) in [6.07, 6.45) is -4.09. The number of carboxylic acid groups (broad SMARTS) is 1. The Hall–Kier alpha value is -2.07. The number of amides is 1. The second-order valence-corrected chi connectivity index (χ2v) is 6.04. The minimum atomic E-state index is -5.08. The lowest BCUT2D eigenvalue weighted by molar-refractivity contribution is -0.192. The molecule has 0 radical (unpaired) electrons. The zero-order chi connectivity index (χ0) is 18.6. The Labute approximate surface area is 149 Å². The maximum Gasteiger partial charge on any atom is 0.490 e. The minimum absolute atomic E-state index is 0.0308. The fourth-order valence-electron chi connectivity index (χ4n) is 2.31. The van der Waals surface area contributed by atoms with Crippen LogP contribution < -0.4 is 10.6 Å². The van der Waals surface area contributed by atoms with Gasteiger partial charge in [0.15, 0.2) is 0 Å². The van der Waals surface area contributed by atoms with Gasteiger partial charge in [0.05, 0.1) is 21.7 Å². The SMILES string of the molecule is O=C(N[C@H]1CCNC1)c1cc2ccccc2n1Br.O=C(O)C(F)(F)F. The number of halogens is 4. The van der Waals surface area contributed by atoms with Gasteiger partial charge in [-0.3, -0.25) is 8.39 Å². The lowest BCUT2D eigenvalue weighted by Gasteiger charge is -2.11. The van der Waals surface area contributed by atoms with E-state index in [-0.39, 0.29) is 11.9 Å². The van der Waals surface area contributed by atoms with Crippen LogP contribution in [0.3, 0.4) is 0 Å². The van der Waals surface area contributed by atoms with Gasteiger partial charge < -0.3 is 15.7 Å². The lowest BCUT2D eigenvalue weighted by Crippen LogP contribution is -2.36. The van der Waals surface area contributed by atoms with Gasteiger partial charge in [0, 0.05) is 18.0 Å². The predicted octanol–water partition coefficient (Wildman–Crippen LogP) is 2.52. The maximum absolute atomic E-state index is 12.2. The van der Waals surface area contributed by atoms with Crippen molar-refractivity contribution < 1.29 is 27.9 Å². The second-order valence-electron chi connectivity index (χ2n) is 5.34. The van der Waals surface area contributed by atoms with Crippen molar-refractivity contribution in [2.45, 2.75) is 18.6 Å². The molecule has 1 aromatic carbocycles. The van der Waals surface area contributed by atoms with Crippen molar-refractivity contribution >= 4 is 38.9 Å². The molecule has 1 amide bonds. The molecular weight excluding hydrogens is 407 g/mol. The Morgan fingerprint density at radius 3 is 2.48 bits per heavy atom. The Balaban J connectivity index is 0.000000277. The summed E-state index contributed by atoms with van der Waals surface area (Å²) >= 11 is 3.44. The van der Waals surface area contributed by atoms with Crippen LogP contribution in [0.25, 0.3) is 10.9 Å². The standard InChI is InChI=1S/C13H14BrN3O.C2HF3O2/c14-17-11-4-2-1-3-9(11)7-12(17)13(18)16-10-5-6-15-8-10;3-2(4,5)1(6)7/h1-4,7,10,15H,5-6,8H2,(H,16,18);(H,6,7)/t10-;/m0./s1. The van der Waals surface area contributed by atoms with Crippen molar-refractivity contribution in [3.63, 3.8) is 0 Å². The fourth-order valence-corrected chi connectivity index (χ4v) is 2.90. The Morgan fingerprint density at radius 1 is 1.32 bits per heavy atom. The summed E-state index contributed by atoms with van der Waals surface area (Å²) in [5.41, 5.74) is 1.65. The van der Waals surface area contributed by atoms with Gasteiger partial charge in [0.1, 0.15) is 5.69 Å². The molecule has 1 fully saturated rings. The molecule has 6 nitrogen and oxygen atoms in total. The minimum Gasteiger partial charge on any atom is -0.475 e. The van der Waals surface area contributed by atoms with E-state index in [0.717, 1.165) is 30.4 Å². The van der Waals surface area contributed by atoms with E-state index >= 15 is 0 Å². The van der Waals surface area contributed by atoms with Gasteiger partial charge in [-0.2, -0.15) is 13.2 Å². The average molecular weight is 422 g/mol. The fraction of sp³-hybridized carbons (Fsp3) is 0.333. The van der Waals surface area contributed by atoms with Crippen molar-refractivity contribution in [3.8, 4) is 0 Å². The highest BCUT2D eigenvalue weighted by Crippen LogP contribution is 2.22. The predicted molar refractivity (Wildman–Crippen MR) is 88.7 cm³/mol. The van der Waals surface area contributed by atoms with Crippen LogP contribution in [0, 0.1) is 0 Å². The lowest BCUT2D eigenvalue weighted by atomic mass is 10.2. The summed E-state index contributed by atoms with van der Waals surface area (Å²) in [6, 6.07) is 10.1. The largest absolute Gasteiger partial charge is 0.490 e. The molecule has 1 saturated heterocycles. The highest BCUT2D eigenvalue weighted by atomic mass is 79.9. The van der Waals surface area contributed by atoms with E-state index < -0.39 is 12.1 Å². The first kappa shape index (κ1) is 19.3. The van der Waals surface area contributed by atoms with Gasteiger partial charge in [-0.05, 0) is 25.1 Å². The number of carbonyl (C=O) groups excluding carboxylic acids is 1.